The van der Waals surface area contributed by atoms with Crippen LogP contribution >= 0.6 is 0 Å². The van der Waals surface area contributed by atoms with E-state index in [-0.39, 0.29) is 23.8 Å². The Hall–Kier alpha value is -2.23. The second-order valence-electron chi connectivity index (χ2n) is 4.78. The van der Waals surface area contributed by atoms with Crippen LogP contribution < -0.4 is 4.57 Å². The monoisotopic (exact) mass is 255 g/mol. The van der Waals surface area contributed by atoms with Crippen LogP contribution in [0.3, 0.4) is 0 Å². The van der Waals surface area contributed by atoms with Gasteiger partial charge in [0.15, 0.2) is 12.4 Å². The molecular weight excluding hydrogens is 240 g/mol. The number of hydrogen-bond acceptors (Lipinski definition) is 2. The Labute approximate surface area is 111 Å². The maximum absolute atomic E-state index is 12.5. The summed E-state index contributed by atoms with van der Waals surface area (Å²) < 4.78 is 1.60. The standard InChI is InChI=1S/C15H15N2O2/c18-14-8-7-12(13-6-2-5-11-17(13)14)15(19)16-9-3-1-4-10-16/h1-6,9-13H,7-8H2/q+1/t12-,13-/m0/s1. The maximum atomic E-state index is 12.5. The van der Waals surface area contributed by atoms with Crippen LogP contribution in [0.15, 0.2) is 55.0 Å². The summed E-state index contributed by atoms with van der Waals surface area (Å²) in [5, 5.41) is 0. The van der Waals surface area contributed by atoms with Crippen molar-refractivity contribution in [1.82, 2.24) is 4.90 Å². The highest BCUT2D eigenvalue weighted by molar-refractivity contribution is 5.83. The van der Waals surface area contributed by atoms with E-state index >= 15 is 0 Å². The summed E-state index contributed by atoms with van der Waals surface area (Å²) in [6, 6.07) is 5.40. The zero-order chi connectivity index (χ0) is 13.2. The minimum Gasteiger partial charge on any atom is -0.311 e. The predicted molar refractivity (Wildman–Crippen MR) is 68.9 cm³/mol. The van der Waals surface area contributed by atoms with Crippen molar-refractivity contribution < 1.29 is 14.2 Å². The van der Waals surface area contributed by atoms with Gasteiger partial charge < -0.3 is 4.90 Å². The van der Waals surface area contributed by atoms with E-state index in [9.17, 15) is 9.59 Å². The molecule has 2 aliphatic heterocycles. The number of piperidine rings is 1. The van der Waals surface area contributed by atoms with Gasteiger partial charge in [0.1, 0.15) is 5.92 Å². The molecule has 1 aromatic heterocycles. The molecule has 0 saturated carbocycles. The Morgan fingerprint density at radius 1 is 1.21 bits per heavy atom. The van der Waals surface area contributed by atoms with E-state index in [1.165, 1.54) is 0 Å². The van der Waals surface area contributed by atoms with Crippen molar-refractivity contribution in [3.8, 4) is 0 Å². The van der Waals surface area contributed by atoms with Crippen molar-refractivity contribution in [2.45, 2.75) is 18.9 Å². The van der Waals surface area contributed by atoms with Crippen LogP contribution in [0.4, 0.5) is 0 Å². The van der Waals surface area contributed by atoms with Crippen LogP contribution in [0.2, 0.25) is 0 Å². The van der Waals surface area contributed by atoms with Gasteiger partial charge in [0.25, 0.3) is 0 Å². The summed E-state index contributed by atoms with van der Waals surface area (Å²) in [6.45, 7) is 0. The highest BCUT2D eigenvalue weighted by Gasteiger charge is 2.42. The third-order valence-corrected chi connectivity index (χ3v) is 3.64. The van der Waals surface area contributed by atoms with Gasteiger partial charge in [-0.05, 0) is 12.5 Å². The number of hydrogen-bond donors (Lipinski definition) is 0. The van der Waals surface area contributed by atoms with Gasteiger partial charge in [0, 0.05) is 24.8 Å². The molecule has 4 heteroatoms. The number of nitrogens with zero attached hydrogens (tertiary/aromatic N) is 2. The van der Waals surface area contributed by atoms with Crippen LogP contribution in [0.25, 0.3) is 0 Å². The number of carbonyl (C=O) groups is 2. The molecule has 0 bridgehead atoms. The average molecular weight is 255 g/mol. The molecule has 4 nitrogen and oxygen atoms in total. The number of pyridine rings is 1. The molecular formula is C15H15N2O2+. The van der Waals surface area contributed by atoms with Crippen molar-refractivity contribution >= 4 is 11.8 Å². The molecule has 0 N–H and O–H groups in total. The molecule has 1 saturated heterocycles. The second kappa shape index (κ2) is 4.80. The van der Waals surface area contributed by atoms with E-state index in [1.54, 1.807) is 28.1 Å². The zero-order valence-electron chi connectivity index (χ0n) is 10.5. The van der Waals surface area contributed by atoms with Crippen LogP contribution in [-0.2, 0) is 4.79 Å². The molecule has 3 rings (SSSR count). The summed E-state index contributed by atoms with van der Waals surface area (Å²) in [4.78, 5) is 26.1. The van der Waals surface area contributed by atoms with Crippen molar-refractivity contribution in [2.24, 2.45) is 5.92 Å². The smallest absolute Gasteiger partial charge is 0.311 e. The van der Waals surface area contributed by atoms with E-state index in [0.29, 0.717) is 12.8 Å². The summed E-state index contributed by atoms with van der Waals surface area (Å²) in [7, 11) is 0. The lowest BCUT2D eigenvalue weighted by Crippen LogP contribution is -2.55. The van der Waals surface area contributed by atoms with E-state index in [0.717, 1.165) is 0 Å². The average Bonchev–Trinajstić information content (AvgIpc) is 2.48. The summed E-state index contributed by atoms with van der Waals surface area (Å²) in [5.74, 6) is -0.0398. The summed E-state index contributed by atoms with van der Waals surface area (Å²) in [6.07, 6.45) is 12.0. The first kappa shape index (κ1) is 11.8. The lowest BCUT2D eigenvalue weighted by molar-refractivity contribution is -0.577. The fraction of sp³-hybridized carbons (Fsp3) is 0.267. The lowest BCUT2D eigenvalue weighted by Gasteiger charge is -2.36. The van der Waals surface area contributed by atoms with Crippen molar-refractivity contribution in [3.63, 3.8) is 0 Å². The summed E-state index contributed by atoms with van der Waals surface area (Å²) >= 11 is 0. The van der Waals surface area contributed by atoms with Crippen molar-refractivity contribution in [3.05, 3.63) is 55.0 Å². The first-order valence-corrected chi connectivity index (χ1v) is 6.44. The van der Waals surface area contributed by atoms with Crippen LogP contribution in [0, 0.1) is 5.92 Å². The Morgan fingerprint density at radius 2 is 2.00 bits per heavy atom. The van der Waals surface area contributed by atoms with Crippen LogP contribution in [0.5, 0.6) is 0 Å². The molecule has 3 heterocycles. The van der Waals surface area contributed by atoms with E-state index < -0.39 is 0 Å². The summed E-state index contributed by atoms with van der Waals surface area (Å²) in [5.41, 5.74) is 0. The molecule has 0 unspecified atom stereocenters. The van der Waals surface area contributed by atoms with Crippen molar-refractivity contribution in [1.29, 1.82) is 0 Å². The number of carbonyl (C=O) groups excluding carboxylic acids is 2. The molecule has 0 aromatic carbocycles. The zero-order valence-corrected chi connectivity index (χ0v) is 10.5. The number of fused-ring (bicyclic) bond motifs is 1. The number of allylic oxidation sites excluding steroid dienone is 2. The van der Waals surface area contributed by atoms with E-state index in [1.807, 2.05) is 36.4 Å². The molecule has 1 aromatic rings. The third-order valence-electron chi connectivity index (χ3n) is 3.64. The largest absolute Gasteiger partial charge is 0.397 e. The first-order valence-electron chi connectivity index (χ1n) is 6.44. The van der Waals surface area contributed by atoms with E-state index in [2.05, 4.69) is 0 Å². The molecule has 0 spiro atoms. The molecule has 2 atom stereocenters. The van der Waals surface area contributed by atoms with Gasteiger partial charge in [0.2, 0.25) is 5.91 Å². The Kier molecular flexibility index (Phi) is 2.99. The van der Waals surface area contributed by atoms with Gasteiger partial charge in [-0.15, -0.1) is 4.57 Å². The van der Waals surface area contributed by atoms with Gasteiger partial charge in [-0.1, -0.05) is 18.2 Å². The first-order chi connectivity index (χ1) is 9.27. The van der Waals surface area contributed by atoms with Crippen LogP contribution in [0.1, 0.15) is 17.6 Å². The van der Waals surface area contributed by atoms with Gasteiger partial charge >= 0.3 is 5.91 Å². The second-order valence-corrected chi connectivity index (χ2v) is 4.78. The maximum Gasteiger partial charge on any atom is 0.397 e. The Bertz CT molecular complexity index is 563. The molecule has 0 radical (unpaired) electrons. The van der Waals surface area contributed by atoms with Gasteiger partial charge in [0.05, 0.1) is 6.04 Å². The van der Waals surface area contributed by atoms with E-state index in [4.69, 9.17) is 0 Å². The minimum absolute atomic E-state index is 0.0445. The van der Waals surface area contributed by atoms with Gasteiger partial charge in [-0.3, -0.25) is 4.79 Å². The number of rotatable bonds is 1. The lowest BCUT2D eigenvalue weighted by atomic mass is 9.86. The fourth-order valence-corrected chi connectivity index (χ4v) is 2.68. The minimum atomic E-state index is -0.175. The molecule has 1 fully saturated rings. The Morgan fingerprint density at radius 3 is 2.79 bits per heavy atom. The number of aromatic nitrogens is 1. The Balaban J connectivity index is 1.89. The highest BCUT2D eigenvalue weighted by Crippen LogP contribution is 2.28. The topological polar surface area (TPSA) is 41.3 Å². The normalized spacial score (nSPS) is 25.3. The predicted octanol–water partition coefficient (Wildman–Crippen LogP) is 1.30. The molecule has 2 aliphatic rings. The van der Waals surface area contributed by atoms with Crippen molar-refractivity contribution in [2.75, 3.05) is 0 Å². The van der Waals surface area contributed by atoms with Gasteiger partial charge in [-0.2, -0.15) is 0 Å². The quantitative estimate of drug-likeness (QED) is 0.710. The third kappa shape index (κ3) is 2.10. The molecule has 0 aliphatic carbocycles. The molecule has 1 amide bonds. The van der Waals surface area contributed by atoms with Crippen LogP contribution in [-0.4, -0.2) is 22.8 Å². The fourth-order valence-electron chi connectivity index (χ4n) is 2.68. The SMILES string of the molecule is O=C1CC[C@H](C(=O)[n+]2ccccc2)[C@@H]2C=CC=CN12. The van der Waals surface area contributed by atoms with Gasteiger partial charge in [-0.25, -0.2) is 4.79 Å². The number of amides is 1. The highest BCUT2D eigenvalue weighted by atomic mass is 16.2. The molecule has 96 valence electrons. The molecule has 19 heavy (non-hydrogen) atoms.